The maximum atomic E-state index is 13.4. The van der Waals surface area contributed by atoms with Crippen molar-refractivity contribution < 1.29 is 31.1 Å². The summed E-state index contributed by atoms with van der Waals surface area (Å²) in [6, 6.07) is 5.99. The van der Waals surface area contributed by atoms with Gasteiger partial charge in [-0.3, -0.25) is 0 Å². The second kappa shape index (κ2) is 8.14. The van der Waals surface area contributed by atoms with Crippen LogP contribution in [0.15, 0.2) is 36.0 Å². The van der Waals surface area contributed by atoms with Crippen molar-refractivity contribution in [1.82, 2.24) is 14.1 Å². The highest BCUT2D eigenvalue weighted by molar-refractivity contribution is 7.89. The van der Waals surface area contributed by atoms with Gasteiger partial charge in [-0.05, 0) is 79.3 Å². The molecule has 0 bridgehead atoms. The summed E-state index contributed by atoms with van der Waals surface area (Å²) in [7, 11) is -4.64. The number of sulfonamides is 1. The molecule has 2 aromatic rings. The van der Waals surface area contributed by atoms with E-state index in [0.717, 1.165) is 21.1 Å². The average molecular weight is 514 g/mol. The van der Waals surface area contributed by atoms with Crippen molar-refractivity contribution in [2.75, 3.05) is 18.8 Å². The highest BCUT2D eigenvalue weighted by Gasteiger charge is 2.51. The van der Waals surface area contributed by atoms with Crippen LogP contribution in [-0.2, 0) is 16.4 Å². The molecule has 1 aromatic carbocycles. The summed E-state index contributed by atoms with van der Waals surface area (Å²) in [6.45, 7) is 1.63. The Kier molecular flexibility index (Phi) is 5.69. The van der Waals surface area contributed by atoms with Crippen molar-refractivity contribution >= 4 is 16.1 Å². The lowest BCUT2D eigenvalue weighted by Gasteiger charge is -2.38. The van der Waals surface area contributed by atoms with Crippen LogP contribution in [0.2, 0.25) is 0 Å². The average Bonchev–Trinajstić information content (AvgIpc) is 3.20. The number of alkyl halides is 3. The Hall–Kier alpha value is -2.24. The molecule has 11 heteroatoms. The molecule has 2 fully saturated rings. The molecule has 1 aromatic heterocycles. The monoisotopic (exact) mass is 513 g/mol. The van der Waals surface area contributed by atoms with Gasteiger partial charge in [-0.15, -0.1) is 0 Å². The van der Waals surface area contributed by atoms with E-state index in [1.807, 2.05) is 13.0 Å². The molecule has 2 saturated carbocycles. The third-order valence-corrected chi connectivity index (χ3v) is 9.44. The van der Waals surface area contributed by atoms with E-state index in [4.69, 9.17) is 0 Å². The van der Waals surface area contributed by atoms with Gasteiger partial charge in [-0.1, -0.05) is 12.5 Å². The Morgan fingerprint density at radius 1 is 1.23 bits per heavy atom. The molecular weight excluding hydrogens is 486 g/mol. The van der Waals surface area contributed by atoms with Crippen molar-refractivity contribution in [2.45, 2.75) is 50.8 Å². The molecule has 35 heavy (non-hydrogen) atoms. The maximum Gasteiger partial charge on any atom is 0.404 e. The van der Waals surface area contributed by atoms with Crippen molar-refractivity contribution in [3.8, 4) is 5.69 Å². The second-order valence-electron chi connectivity index (χ2n) is 10.3. The van der Waals surface area contributed by atoms with Crippen LogP contribution >= 0.6 is 0 Å². The van der Waals surface area contributed by atoms with E-state index in [0.29, 0.717) is 37.8 Å². The fourth-order valence-electron chi connectivity index (χ4n) is 5.47. The summed E-state index contributed by atoms with van der Waals surface area (Å²) in [4.78, 5) is 0. The van der Waals surface area contributed by atoms with Gasteiger partial charge in [0.05, 0.1) is 23.2 Å². The fraction of sp³-hybridized carbons (Fsp3) is 0.542. The van der Waals surface area contributed by atoms with Crippen LogP contribution in [0, 0.1) is 17.2 Å². The molecule has 0 amide bonds. The molecule has 190 valence electrons. The minimum atomic E-state index is -4.86. The van der Waals surface area contributed by atoms with Crippen LogP contribution in [0.5, 0.6) is 0 Å². The van der Waals surface area contributed by atoms with E-state index in [-0.39, 0.29) is 24.8 Å². The zero-order chi connectivity index (χ0) is 25.2. The van der Waals surface area contributed by atoms with E-state index in [9.17, 15) is 31.1 Å². The van der Waals surface area contributed by atoms with Crippen LogP contribution in [-0.4, -0.2) is 58.2 Å². The fourth-order valence-corrected chi connectivity index (χ4v) is 6.91. The smallest absolute Gasteiger partial charge is 0.389 e. The van der Waals surface area contributed by atoms with Gasteiger partial charge in [0.25, 0.3) is 0 Å². The van der Waals surface area contributed by atoms with Gasteiger partial charge in [0.15, 0.2) is 5.75 Å². The molecule has 6 nitrogen and oxygen atoms in total. The van der Waals surface area contributed by atoms with Crippen molar-refractivity contribution in [1.29, 1.82) is 0 Å². The molecule has 1 heterocycles. The number of hydrogen-bond donors (Lipinski definition) is 1. The van der Waals surface area contributed by atoms with Crippen LogP contribution in [0.4, 0.5) is 17.6 Å². The zero-order valence-electron chi connectivity index (χ0n) is 19.2. The lowest BCUT2D eigenvalue weighted by Crippen LogP contribution is -2.47. The first kappa shape index (κ1) is 24.5. The van der Waals surface area contributed by atoms with Crippen molar-refractivity contribution in [2.24, 2.45) is 11.3 Å². The summed E-state index contributed by atoms with van der Waals surface area (Å²) in [5.74, 6) is -2.49. The third kappa shape index (κ3) is 4.77. The second-order valence-corrected chi connectivity index (χ2v) is 12.3. The lowest BCUT2D eigenvalue weighted by molar-refractivity contribution is -0.107. The molecular formula is C24H27F4N3O3S. The number of fused-ring (bicyclic) bond motifs is 2. The SMILES string of the molecule is C[C@]12Cc3cnn(-c4ccc(F)cc4)c3C=C1CC[C@@H]2CN(CC1(O)CC1)S(=O)(=O)CC(F)(F)F. The number of rotatable bonds is 7. The van der Waals surface area contributed by atoms with Gasteiger partial charge in [0, 0.05) is 13.1 Å². The Bertz CT molecular complexity index is 1270. The van der Waals surface area contributed by atoms with E-state index in [2.05, 4.69) is 5.10 Å². The molecule has 1 N–H and O–H groups in total. The van der Waals surface area contributed by atoms with E-state index < -0.39 is 33.0 Å². The summed E-state index contributed by atoms with van der Waals surface area (Å²) in [5, 5.41) is 14.8. The Balaban J connectivity index is 1.42. The Labute approximate surface area is 201 Å². The summed E-state index contributed by atoms with van der Waals surface area (Å²) in [5.41, 5.74) is 1.94. The zero-order valence-corrected chi connectivity index (χ0v) is 20.0. The number of aliphatic hydroxyl groups is 1. The third-order valence-electron chi connectivity index (χ3n) is 7.68. The minimum absolute atomic E-state index is 0.0734. The summed E-state index contributed by atoms with van der Waals surface area (Å²) in [6.07, 6.45) is 1.55. The van der Waals surface area contributed by atoms with Crippen LogP contribution in [0.25, 0.3) is 11.8 Å². The topological polar surface area (TPSA) is 75.4 Å². The van der Waals surface area contributed by atoms with Gasteiger partial charge in [0.1, 0.15) is 5.82 Å². The van der Waals surface area contributed by atoms with Gasteiger partial charge < -0.3 is 5.11 Å². The van der Waals surface area contributed by atoms with E-state index >= 15 is 0 Å². The van der Waals surface area contributed by atoms with E-state index in [1.54, 1.807) is 23.0 Å². The number of nitrogens with zero attached hydrogens (tertiary/aromatic N) is 3. The predicted octanol–water partition coefficient (Wildman–Crippen LogP) is 4.09. The van der Waals surface area contributed by atoms with E-state index in [1.165, 1.54) is 12.1 Å². The quantitative estimate of drug-likeness (QED) is 0.566. The molecule has 0 spiro atoms. The number of halogens is 4. The highest BCUT2D eigenvalue weighted by Crippen LogP contribution is 2.53. The molecule has 3 aliphatic carbocycles. The Morgan fingerprint density at radius 3 is 2.54 bits per heavy atom. The Morgan fingerprint density at radius 2 is 1.91 bits per heavy atom. The molecule has 3 aliphatic rings. The molecule has 5 rings (SSSR count). The summed E-state index contributed by atoms with van der Waals surface area (Å²) >= 11 is 0. The molecule has 0 unspecified atom stereocenters. The molecule has 2 atom stereocenters. The number of aromatic nitrogens is 2. The van der Waals surface area contributed by atoms with Crippen LogP contribution in [0.3, 0.4) is 0 Å². The lowest BCUT2D eigenvalue weighted by atomic mass is 9.70. The number of allylic oxidation sites excluding steroid dienone is 1. The molecule has 0 radical (unpaired) electrons. The first-order valence-electron chi connectivity index (χ1n) is 11.6. The number of benzene rings is 1. The normalized spacial score (nSPS) is 25.3. The van der Waals surface area contributed by atoms with Crippen LogP contribution in [0.1, 0.15) is 43.9 Å². The molecule has 0 saturated heterocycles. The van der Waals surface area contributed by atoms with Gasteiger partial charge in [-0.2, -0.15) is 22.6 Å². The van der Waals surface area contributed by atoms with Crippen LogP contribution < -0.4 is 0 Å². The van der Waals surface area contributed by atoms with Gasteiger partial charge >= 0.3 is 6.18 Å². The predicted molar refractivity (Wildman–Crippen MR) is 122 cm³/mol. The standard InChI is InChI=1S/C24H27F4N3O3S/c1-22-11-16-12-29-31(20-6-4-19(25)5-7-20)21(16)10-17(22)2-3-18(22)13-30(14-23(32)8-9-23)35(33,34)15-24(26,27)28/h4-7,10,12,18,32H,2-3,8-9,11,13-15H2,1H3/t18-,22+/m1/s1. The largest absolute Gasteiger partial charge is 0.404 e. The van der Waals surface area contributed by atoms with Gasteiger partial charge in [0.2, 0.25) is 10.0 Å². The van der Waals surface area contributed by atoms with Gasteiger partial charge in [-0.25, -0.2) is 17.5 Å². The minimum Gasteiger partial charge on any atom is -0.389 e. The highest BCUT2D eigenvalue weighted by atomic mass is 32.2. The molecule has 0 aliphatic heterocycles. The summed E-state index contributed by atoms with van der Waals surface area (Å²) < 4.78 is 80.5. The first-order valence-corrected chi connectivity index (χ1v) is 13.2. The number of hydrogen-bond acceptors (Lipinski definition) is 4. The van der Waals surface area contributed by atoms with Crippen molar-refractivity contribution in [3.63, 3.8) is 0 Å². The van der Waals surface area contributed by atoms with Crippen molar-refractivity contribution in [3.05, 3.63) is 53.1 Å². The maximum absolute atomic E-state index is 13.4. The first-order chi connectivity index (χ1) is 16.3.